The summed E-state index contributed by atoms with van der Waals surface area (Å²) in [4.78, 5) is 9.39. The molecule has 0 amide bonds. The average Bonchev–Trinajstić information content (AvgIpc) is 3.22. The van der Waals surface area contributed by atoms with Gasteiger partial charge in [-0.3, -0.25) is 9.89 Å². The Morgan fingerprint density at radius 1 is 1.22 bits per heavy atom. The molecule has 2 saturated heterocycles. The summed E-state index contributed by atoms with van der Waals surface area (Å²) in [6.07, 6.45) is -3.28. The highest BCUT2D eigenvalue weighted by Gasteiger charge is 2.31. The molecule has 0 bridgehead atoms. The van der Waals surface area contributed by atoms with Crippen molar-refractivity contribution in [2.75, 3.05) is 66.2 Å². The molecule has 2 heterocycles. The van der Waals surface area contributed by atoms with Gasteiger partial charge in [0.2, 0.25) is 0 Å². The van der Waals surface area contributed by atoms with Crippen LogP contribution in [0.2, 0.25) is 0 Å². The minimum Gasteiger partial charge on any atom is -0.384 e. The summed E-state index contributed by atoms with van der Waals surface area (Å²) in [6.45, 7) is 8.51. The lowest BCUT2D eigenvalue weighted by Crippen LogP contribution is -2.43. The van der Waals surface area contributed by atoms with Crippen molar-refractivity contribution >= 4 is 29.9 Å². The van der Waals surface area contributed by atoms with Crippen molar-refractivity contribution in [1.82, 2.24) is 15.1 Å². The number of aliphatic imine (C=N–C) groups is 1. The Hall–Kier alpha value is -1.11. The first-order valence-electron chi connectivity index (χ1n) is 10.9. The number of benzene rings is 1. The van der Waals surface area contributed by atoms with Crippen molar-refractivity contribution in [2.45, 2.75) is 25.6 Å². The third-order valence-corrected chi connectivity index (χ3v) is 5.85. The molecule has 0 spiro atoms. The van der Waals surface area contributed by atoms with E-state index in [1.54, 1.807) is 19.2 Å². The van der Waals surface area contributed by atoms with Crippen LogP contribution in [0.3, 0.4) is 0 Å². The van der Waals surface area contributed by atoms with E-state index < -0.39 is 11.7 Å². The molecule has 1 aromatic rings. The lowest BCUT2D eigenvalue weighted by Gasteiger charge is -2.34. The van der Waals surface area contributed by atoms with Crippen LogP contribution in [-0.4, -0.2) is 82.0 Å². The molecule has 0 saturated carbocycles. The molecule has 0 radical (unpaired) electrons. The lowest BCUT2D eigenvalue weighted by molar-refractivity contribution is -0.137. The van der Waals surface area contributed by atoms with Gasteiger partial charge in [0.05, 0.1) is 38.0 Å². The molecular formula is C22H34F3IN4O2. The number of methoxy groups -OCH3 is 1. The fourth-order valence-electron chi connectivity index (χ4n) is 4.21. The first kappa shape index (κ1) is 27.1. The molecule has 10 heteroatoms. The average molecular weight is 570 g/mol. The molecule has 1 N–H and O–H groups in total. The standard InChI is InChI=1S/C22H33F3N4O2.HI/c1-3-26-21(29-9-8-17(15-29)16-30-2)27-14-20(28-10-12-31-13-11-28)18-4-6-19(7-5-18)22(23,24)25;/h4-7,17,20H,3,8-16H2,1-2H3,(H,26,27);1H. The lowest BCUT2D eigenvalue weighted by atomic mass is 10.0. The highest BCUT2D eigenvalue weighted by molar-refractivity contribution is 14.0. The second kappa shape index (κ2) is 13.0. The molecule has 182 valence electrons. The zero-order chi connectivity index (χ0) is 22.3. The number of alkyl halides is 3. The molecule has 1 aromatic carbocycles. The molecule has 2 atom stereocenters. The maximum atomic E-state index is 13.0. The number of nitrogens with zero attached hydrogens (tertiary/aromatic N) is 3. The summed E-state index contributed by atoms with van der Waals surface area (Å²) >= 11 is 0. The van der Waals surface area contributed by atoms with Crippen LogP contribution in [0, 0.1) is 5.92 Å². The summed E-state index contributed by atoms with van der Waals surface area (Å²) in [5.41, 5.74) is 0.211. The SMILES string of the molecule is CCNC(=NCC(c1ccc(C(F)(F)F)cc1)N1CCOCC1)N1CCC(COC)C1.I. The summed E-state index contributed by atoms with van der Waals surface area (Å²) in [7, 11) is 1.72. The Morgan fingerprint density at radius 2 is 1.91 bits per heavy atom. The van der Waals surface area contributed by atoms with Crippen LogP contribution in [0.25, 0.3) is 0 Å². The smallest absolute Gasteiger partial charge is 0.384 e. The minimum atomic E-state index is -4.34. The van der Waals surface area contributed by atoms with Gasteiger partial charge >= 0.3 is 6.18 Å². The predicted molar refractivity (Wildman–Crippen MR) is 130 cm³/mol. The normalized spacial score (nSPS) is 21.3. The number of morpholine rings is 1. The van der Waals surface area contributed by atoms with Gasteiger partial charge in [-0.05, 0) is 31.0 Å². The van der Waals surface area contributed by atoms with Gasteiger partial charge in [-0.25, -0.2) is 0 Å². The van der Waals surface area contributed by atoms with E-state index in [9.17, 15) is 13.2 Å². The highest BCUT2D eigenvalue weighted by atomic mass is 127. The summed E-state index contributed by atoms with van der Waals surface area (Å²) < 4.78 is 49.8. The van der Waals surface area contributed by atoms with E-state index in [4.69, 9.17) is 14.5 Å². The van der Waals surface area contributed by atoms with Crippen molar-refractivity contribution in [2.24, 2.45) is 10.9 Å². The number of ether oxygens (including phenoxy) is 2. The quantitative estimate of drug-likeness (QED) is 0.309. The van der Waals surface area contributed by atoms with Gasteiger partial charge in [-0.2, -0.15) is 13.2 Å². The number of nitrogens with one attached hydrogen (secondary N) is 1. The monoisotopic (exact) mass is 570 g/mol. The predicted octanol–water partition coefficient (Wildman–Crippen LogP) is 3.63. The molecule has 6 nitrogen and oxygen atoms in total. The molecule has 3 rings (SSSR count). The molecule has 0 aromatic heterocycles. The molecule has 32 heavy (non-hydrogen) atoms. The second-order valence-corrected chi connectivity index (χ2v) is 8.03. The zero-order valence-electron chi connectivity index (χ0n) is 18.7. The topological polar surface area (TPSA) is 49.3 Å². The molecule has 0 aliphatic carbocycles. The molecule has 2 unspecified atom stereocenters. The number of guanidine groups is 1. The van der Waals surface area contributed by atoms with Gasteiger partial charge in [-0.1, -0.05) is 12.1 Å². The van der Waals surface area contributed by atoms with Gasteiger partial charge in [0.15, 0.2) is 5.96 Å². The van der Waals surface area contributed by atoms with Crippen LogP contribution in [0.4, 0.5) is 13.2 Å². The maximum Gasteiger partial charge on any atom is 0.416 e. The second-order valence-electron chi connectivity index (χ2n) is 8.03. The van der Waals surface area contributed by atoms with Crippen LogP contribution in [0.1, 0.15) is 30.5 Å². The van der Waals surface area contributed by atoms with Crippen LogP contribution in [0.15, 0.2) is 29.3 Å². The summed E-state index contributed by atoms with van der Waals surface area (Å²) in [5, 5.41) is 3.37. The molecule has 2 aliphatic heterocycles. The van der Waals surface area contributed by atoms with E-state index in [1.165, 1.54) is 0 Å². The van der Waals surface area contributed by atoms with Crippen molar-refractivity contribution in [1.29, 1.82) is 0 Å². The Bertz CT molecular complexity index is 712. The van der Waals surface area contributed by atoms with E-state index in [0.29, 0.717) is 25.7 Å². The minimum absolute atomic E-state index is 0. The molecule has 2 fully saturated rings. The number of likely N-dealkylation sites (tertiary alicyclic amines) is 1. The van der Waals surface area contributed by atoms with E-state index in [-0.39, 0.29) is 30.0 Å². The Balaban J connectivity index is 0.00000363. The molecular weight excluding hydrogens is 536 g/mol. The highest BCUT2D eigenvalue weighted by Crippen LogP contribution is 2.31. The van der Waals surface area contributed by atoms with Crippen molar-refractivity contribution in [3.8, 4) is 0 Å². The fraction of sp³-hybridized carbons (Fsp3) is 0.682. The van der Waals surface area contributed by atoms with E-state index in [0.717, 1.165) is 69.4 Å². The summed E-state index contributed by atoms with van der Waals surface area (Å²) in [6, 6.07) is 5.38. The van der Waals surface area contributed by atoms with Gasteiger partial charge in [-0.15, -0.1) is 24.0 Å². The number of halogens is 4. The Morgan fingerprint density at radius 3 is 2.50 bits per heavy atom. The van der Waals surface area contributed by atoms with Gasteiger partial charge in [0, 0.05) is 45.8 Å². The number of hydrogen-bond acceptors (Lipinski definition) is 4. The van der Waals surface area contributed by atoms with Crippen molar-refractivity contribution < 1.29 is 22.6 Å². The van der Waals surface area contributed by atoms with Gasteiger partial charge in [0.1, 0.15) is 0 Å². The maximum absolute atomic E-state index is 13.0. The molecule has 2 aliphatic rings. The van der Waals surface area contributed by atoms with Gasteiger partial charge in [0.25, 0.3) is 0 Å². The third kappa shape index (κ3) is 7.46. The van der Waals surface area contributed by atoms with Crippen molar-refractivity contribution in [3.63, 3.8) is 0 Å². The van der Waals surface area contributed by atoms with Crippen LogP contribution in [0.5, 0.6) is 0 Å². The van der Waals surface area contributed by atoms with Crippen LogP contribution in [-0.2, 0) is 15.7 Å². The van der Waals surface area contributed by atoms with Gasteiger partial charge < -0.3 is 19.7 Å². The van der Waals surface area contributed by atoms with Crippen molar-refractivity contribution in [3.05, 3.63) is 35.4 Å². The van der Waals surface area contributed by atoms with E-state index in [2.05, 4.69) is 15.1 Å². The largest absolute Gasteiger partial charge is 0.416 e. The number of hydrogen-bond donors (Lipinski definition) is 1. The first-order valence-corrected chi connectivity index (χ1v) is 10.9. The Labute approximate surface area is 205 Å². The number of rotatable bonds is 7. The van der Waals surface area contributed by atoms with Crippen LogP contribution >= 0.6 is 24.0 Å². The zero-order valence-corrected chi connectivity index (χ0v) is 21.1. The third-order valence-electron chi connectivity index (χ3n) is 5.85. The van der Waals surface area contributed by atoms with Crippen LogP contribution < -0.4 is 5.32 Å². The van der Waals surface area contributed by atoms with E-state index in [1.807, 2.05) is 6.92 Å². The van der Waals surface area contributed by atoms with E-state index >= 15 is 0 Å². The first-order chi connectivity index (χ1) is 14.9. The summed E-state index contributed by atoms with van der Waals surface area (Å²) in [5.74, 6) is 1.34. The Kier molecular flexibility index (Phi) is 11.0. The fourth-order valence-corrected chi connectivity index (χ4v) is 4.21.